The van der Waals surface area contributed by atoms with Crippen molar-refractivity contribution in [1.82, 2.24) is 0 Å². The summed E-state index contributed by atoms with van der Waals surface area (Å²) in [5.74, 6) is 0. The zero-order valence-corrected chi connectivity index (χ0v) is 19.4. The Hall–Kier alpha value is 1.51. The van der Waals surface area contributed by atoms with Crippen LogP contribution in [0.2, 0.25) is 0 Å². The number of aliphatic hydroxyl groups is 1. The van der Waals surface area contributed by atoms with Gasteiger partial charge in [0.15, 0.2) is 0 Å². The second-order valence-corrected chi connectivity index (χ2v) is 8.18. The van der Waals surface area contributed by atoms with E-state index in [1.54, 1.807) is 0 Å². The van der Waals surface area contributed by atoms with E-state index in [1.165, 1.54) is 58.3 Å². The molecule has 0 aromatic rings. The van der Waals surface area contributed by atoms with Crippen LogP contribution in [0.3, 0.4) is 0 Å². The van der Waals surface area contributed by atoms with Crippen LogP contribution in [0, 0.1) is 0 Å². The Bertz CT molecular complexity index is 345. The monoisotopic (exact) mass is 374 g/mol. The topological polar surface area (TPSA) is 77.4 Å². The zero-order chi connectivity index (χ0) is 16.8. The maximum absolute atomic E-state index is 11.1. The minimum atomic E-state index is -4.28. The molecular formula is C17H35KO4S. The van der Waals surface area contributed by atoms with E-state index >= 15 is 0 Å². The molecule has 0 rings (SSSR count). The van der Waals surface area contributed by atoms with Gasteiger partial charge >= 0.3 is 51.4 Å². The van der Waals surface area contributed by atoms with E-state index in [2.05, 4.69) is 6.92 Å². The molecule has 0 saturated carbocycles. The Morgan fingerprint density at radius 3 is 1.61 bits per heavy atom. The number of unbranched alkanes of at least 4 members (excludes halogenated alkanes) is 10. The summed E-state index contributed by atoms with van der Waals surface area (Å²) in [6, 6.07) is 0. The van der Waals surface area contributed by atoms with Crippen molar-refractivity contribution in [3.63, 3.8) is 0 Å². The third-order valence-electron chi connectivity index (χ3n) is 4.14. The van der Waals surface area contributed by atoms with Gasteiger partial charge in [-0.25, -0.2) is 8.42 Å². The first-order valence-electron chi connectivity index (χ1n) is 9.00. The minimum absolute atomic E-state index is 0. The summed E-state index contributed by atoms with van der Waals surface area (Å²) < 4.78 is 33.3. The molecule has 0 radical (unpaired) electrons. The predicted molar refractivity (Wildman–Crippen MR) is 90.9 cm³/mol. The molecule has 1 N–H and O–H groups in total. The molecule has 0 aromatic carbocycles. The van der Waals surface area contributed by atoms with Crippen molar-refractivity contribution in [2.75, 3.05) is 0 Å². The average Bonchev–Trinajstić information content (AvgIpc) is 2.42. The van der Waals surface area contributed by atoms with Crippen LogP contribution in [-0.2, 0) is 10.1 Å². The van der Waals surface area contributed by atoms with Gasteiger partial charge < -0.3 is 9.66 Å². The summed E-state index contributed by atoms with van der Waals surface area (Å²) in [5, 5.41) is 8.33. The van der Waals surface area contributed by atoms with Crippen molar-refractivity contribution < 1.29 is 69.5 Å². The van der Waals surface area contributed by atoms with E-state index in [9.17, 15) is 18.1 Å². The van der Waals surface area contributed by atoms with Crippen LogP contribution in [0.5, 0.6) is 0 Å². The maximum Gasteiger partial charge on any atom is 1.00 e. The van der Waals surface area contributed by atoms with Gasteiger partial charge in [-0.1, -0.05) is 77.6 Å². The fraction of sp³-hybridized carbons (Fsp3) is 1.00. The molecule has 2 atom stereocenters. The van der Waals surface area contributed by atoms with E-state index in [4.69, 9.17) is 0 Å². The third-order valence-corrected chi connectivity index (χ3v) is 5.39. The Labute approximate surface area is 186 Å². The van der Waals surface area contributed by atoms with Gasteiger partial charge in [-0.2, -0.15) is 0 Å². The Morgan fingerprint density at radius 2 is 1.26 bits per heavy atom. The molecule has 6 heteroatoms. The average molecular weight is 375 g/mol. The molecule has 23 heavy (non-hydrogen) atoms. The fourth-order valence-electron chi connectivity index (χ4n) is 2.80. The van der Waals surface area contributed by atoms with E-state index in [1.807, 2.05) is 0 Å². The van der Waals surface area contributed by atoms with Gasteiger partial charge in [0.1, 0.15) is 0 Å². The summed E-state index contributed by atoms with van der Waals surface area (Å²) in [5.41, 5.74) is 0. The van der Waals surface area contributed by atoms with Gasteiger partial charge in [0.05, 0.1) is 21.5 Å². The fourth-order valence-corrected chi connectivity index (χ4v) is 3.77. The van der Waals surface area contributed by atoms with E-state index < -0.39 is 21.5 Å². The number of rotatable bonds is 15. The maximum atomic E-state index is 11.1. The first-order valence-corrected chi connectivity index (χ1v) is 10.5. The molecule has 0 aliphatic heterocycles. The summed E-state index contributed by atoms with van der Waals surface area (Å²) in [4.78, 5) is 0. The molecule has 4 nitrogen and oxygen atoms in total. The van der Waals surface area contributed by atoms with Gasteiger partial charge in [-0.15, -0.1) is 0 Å². The number of hydrogen-bond donors (Lipinski definition) is 1. The van der Waals surface area contributed by atoms with E-state index in [0.29, 0.717) is 6.42 Å². The molecule has 0 fully saturated rings. The van der Waals surface area contributed by atoms with Crippen LogP contribution in [0.25, 0.3) is 0 Å². The molecule has 0 bridgehead atoms. The van der Waals surface area contributed by atoms with Crippen molar-refractivity contribution in [3.8, 4) is 0 Å². The minimum Gasteiger partial charge on any atom is -0.748 e. The predicted octanol–water partition coefficient (Wildman–Crippen LogP) is 1.38. The van der Waals surface area contributed by atoms with Crippen LogP contribution in [0.4, 0.5) is 0 Å². The Kier molecular flexibility index (Phi) is 19.7. The van der Waals surface area contributed by atoms with Gasteiger partial charge in [0.2, 0.25) is 0 Å². The SMILES string of the molecule is CCCCCCCCCCCCCC(CC(C)O)S(=O)(=O)[O-].[K+]. The summed E-state index contributed by atoms with van der Waals surface area (Å²) in [7, 11) is -4.28. The van der Waals surface area contributed by atoms with Crippen molar-refractivity contribution in [3.05, 3.63) is 0 Å². The van der Waals surface area contributed by atoms with Gasteiger partial charge in [0, 0.05) is 0 Å². The molecule has 0 aliphatic carbocycles. The van der Waals surface area contributed by atoms with Crippen LogP contribution >= 0.6 is 0 Å². The quantitative estimate of drug-likeness (QED) is 0.267. The first kappa shape index (κ1) is 26.7. The Balaban J connectivity index is 0. The smallest absolute Gasteiger partial charge is 0.748 e. The largest absolute Gasteiger partial charge is 1.00 e. The van der Waals surface area contributed by atoms with Crippen molar-refractivity contribution >= 4 is 10.1 Å². The van der Waals surface area contributed by atoms with Crippen LogP contribution < -0.4 is 51.4 Å². The second-order valence-electron chi connectivity index (χ2n) is 6.52. The third kappa shape index (κ3) is 18.1. The first-order chi connectivity index (χ1) is 10.4. The number of aliphatic hydroxyl groups excluding tert-OH is 1. The van der Waals surface area contributed by atoms with Gasteiger partial charge in [0.25, 0.3) is 0 Å². The summed E-state index contributed by atoms with van der Waals surface area (Å²) in [6.45, 7) is 3.75. The molecule has 0 aromatic heterocycles. The zero-order valence-electron chi connectivity index (χ0n) is 15.4. The molecule has 0 aliphatic rings. The van der Waals surface area contributed by atoms with Crippen LogP contribution in [0.15, 0.2) is 0 Å². The molecule has 0 amide bonds. The molecule has 2 unspecified atom stereocenters. The number of hydrogen-bond acceptors (Lipinski definition) is 4. The van der Waals surface area contributed by atoms with Gasteiger partial charge in [-0.3, -0.25) is 0 Å². The normalized spacial score (nSPS) is 14.3. The van der Waals surface area contributed by atoms with E-state index in [-0.39, 0.29) is 57.8 Å². The summed E-state index contributed by atoms with van der Waals surface area (Å²) >= 11 is 0. The van der Waals surface area contributed by atoms with Crippen molar-refractivity contribution in [1.29, 1.82) is 0 Å². The van der Waals surface area contributed by atoms with Crippen molar-refractivity contribution in [2.24, 2.45) is 0 Å². The van der Waals surface area contributed by atoms with Crippen LogP contribution in [-0.4, -0.2) is 29.4 Å². The second kappa shape index (κ2) is 16.9. The molecule has 134 valence electrons. The molecule has 0 saturated heterocycles. The van der Waals surface area contributed by atoms with Crippen molar-refractivity contribution in [2.45, 2.75) is 109 Å². The Morgan fingerprint density at radius 1 is 0.870 bits per heavy atom. The van der Waals surface area contributed by atoms with Crippen LogP contribution in [0.1, 0.15) is 97.3 Å². The summed E-state index contributed by atoms with van der Waals surface area (Å²) in [6.07, 6.45) is 12.9. The molecule has 0 heterocycles. The molecular weight excluding hydrogens is 339 g/mol. The van der Waals surface area contributed by atoms with E-state index in [0.717, 1.165) is 19.3 Å². The van der Waals surface area contributed by atoms with Gasteiger partial charge in [-0.05, 0) is 19.8 Å². The standard InChI is InChI=1S/C17H36O4S.K/c1-3-4-5-6-7-8-9-10-11-12-13-14-17(15-16(2)18)22(19,20)21;/h16-18H,3-15H2,1-2H3,(H,19,20,21);/q;+1/p-1. The molecule has 0 spiro atoms.